The number of fused-ring (bicyclic) bond motifs is 1. The number of aromatic nitrogens is 2. The van der Waals surface area contributed by atoms with Crippen LogP contribution in [0.2, 0.25) is 0 Å². The maximum absolute atomic E-state index is 14.8. The topological polar surface area (TPSA) is 158 Å². The number of nitrogens with zero attached hydrogens (tertiary/aromatic N) is 2. The average Bonchev–Trinajstić information content (AvgIpc) is 3.54. The molecule has 2 aromatic heterocycles. The van der Waals surface area contributed by atoms with E-state index in [0.29, 0.717) is 34.2 Å². The number of primary sulfonamides is 1. The molecule has 0 fully saturated rings. The van der Waals surface area contributed by atoms with Crippen LogP contribution in [-0.4, -0.2) is 51.4 Å². The third kappa shape index (κ3) is 13.2. The highest BCUT2D eigenvalue weighted by Gasteiger charge is 2.54. The molecule has 302 valence electrons. The zero-order valence-electron chi connectivity index (χ0n) is 30.7. The summed E-state index contributed by atoms with van der Waals surface area (Å²) < 4.78 is 107. The Balaban J connectivity index is 1.68. The number of pyridine rings is 1. The van der Waals surface area contributed by atoms with Gasteiger partial charge in [0.15, 0.2) is 9.84 Å². The highest BCUT2D eigenvalue weighted by Crippen LogP contribution is 2.43. The summed E-state index contributed by atoms with van der Waals surface area (Å²) in [5, 5.41) is 7.61. The molecule has 0 radical (unpaired) electrons. The number of rotatable bonds is 23. The van der Waals surface area contributed by atoms with Gasteiger partial charge in [-0.25, -0.2) is 31.9 Å². The number of ether oxygens (including phenoxy) is 1. The van der Waals surface area contributed by atoms with Crippen molar-refractivity contribution < 1.29 is 43.9 Å². The second-order valence-electron chi connectivity index (χ2n) is 13.6. The molecule has 2 aromatic carbocycles. The molecule has 0 saturated heterocycles. The number of thiazole rings is 1. The molecule has 0 bridgehead atoms. The molecule has 3 N–H and O–H groups in total. The number of halogens is 4. The van der Waals surface area contributed by atoms with Gasteiger partial charge in [0, 0.05) is 18.3 Å². The van der Waals surface area contributed by atoms with Crippen LogP contribution in [0.4, 0.5) is 17.6 Å². The molecule has 0 aliphatic carbocycles. The molecule has 1 unspecified atom stereocenters. The molecule has 1 atom stereocenters. The number of nitrogens with one attached hydrogen (secondary N) is 1. The fraction of sp³-hybridized carbons (Fsp3) is 0.500. The second-order valence-corrected chi connectivity index (χ2v) is 18.6. The van der Waals surface area contributed by atoms with Crippen molar-refractivity contribution in [3.05, 3.63) is 77.3 Å². The summed E-state index contributed by atoms with van der Waals surface area (Å²) in [6.45, 7) is 1.71. The van der Waals surface area contributed by atoms with Crippen LogP contribution in [-0.2, 0) is 35.2 Å². The smallest absolute Gasteiger partial charge is 0.406 e. The lowest BCUT2D eigenvalue weighted by atomic mass is 9.98. The lowest BCUT2D eigenvalue weighted by molar-refractivity contribution is -0.274. The molecular formula is C38H48F4N4O6S3. The first kappa shape index (κ1) is 44.0. The number of hydrogen-bond acceptors (Lipinski definition) is 9. The minimum Gasteiger partial charge on any atom is -0.406 e. The first-order valence-electron chi connectivity index (χ1n) is 18.4. The average molecular weight is 829 g/mol. The molecule has 2 heterocycles. The van der Waals surface area contributed by atoms with Crippen molar-refractivity contribution in [2.45, 2.75) is 107 Å². The van der Waals surface area contributed by atoms with Crippen LogP contribution in [0, 0.1) is 5.95 Å². The van der Waals surface area contributed by atoms with Gasteiger partial charge in [0.2, 0.25) is 26.6 Å². The van der Waals surface area contributed by atoms with E-state index in [-0.39, 0.29) is 17.0 Å². The van der Waals surface area contributed by atoms with Gasteiger partial charge in [-0.3, -0.25) is 4.79 Å². The molecule has 0 spiro atoms. The maximum Gasteiger partial charge on any atom is 0.573 e. The number of benzene rings is 2. The lowest BCUT2D eigenvalue weighted by Crippen LogP contribution is -2.51. The Kier molecular flexibility index (Phi) is 16.0. The summed E-state index contributed by atoms with van der Waals surface area (Å²) in [5.74, 6) is -3.59. The molecule has 10 nitrogen and oxygen atoms in total. The van der Waals surface area contributed by atoms with E-state index < -0.39 is 66.6 Å². The van der Waals surface area contributed by atoms with Crippen LogP contribution < -0.4 is 15.2 Å². The van der Waals surface area contributed by atoms with Gasteiger partial charge in [-0.1, -0.05) is 102 Å². The maximum atomic E-state index is 14.8. The van der Waals surface area contributed by atoms with Crippen LogP contribution in [0.15, 0.2) is 60.8 Å². The highest BCUT2D eigenvalue weighted by atomic mass is 32.2. The fourth-order valence-electron chi connectivity index (χ4n) is 6.37. The molecule has 1 amide bonds. The summed E-state index contributed by atoms with van der Waals surface area (Å²) >= 11 is 0.994. The number of hydrogen-bond donors (Lipinski definition) is 2. The summed E-state index contributed by atoms with van der Waals surface area (Å²) in [5.41, 5.74) is 1.65. The quantitative estimate of drug-likeness (QED) is 0.0427. The van der Waals surface area contributed by atoms with Crippen LogP contribution >= 0.6 is 11.3 Å². The van der Waals surface area contributed by atoms with E-state index >= 15 is 0 Å². The number of sulfonamides is 1. The van der Waals surface area contributed by atoms with Crippen molar-refractivity contribution in [3.63, 3.8) is 0 Å². The minimum atomic E-state index is -4.95. The van der Waals surface area contributed by atoms with E-state index in [1.807, 2.05) is 0 Å². The number of unbranched alkanes of at least 4 members (excludes halogenated alkanes) is 11. The van der Waals surface area contributed by atoms with Crippen LogP contribution in [0.1, 0.15) is 101 Å². The van der Waals surface area contributed by atoms with E-state index in [2.05, 4.69) is 22.0 Å². The SMILES string of the molecule is CCCCCCCCCCCCCCC(C(=O)NCCS(N)(=O)=O)(c1nc2cc(-c3ccc(F)nc3)ccc2s1)S(=O)(=O)Cc1ccc(OC(F)(F)F)cc1. The standard InChI is InChI=1S/C38H48F4N4O6S3/c1-2-3-4-5-6-7-8-9-10-11-12-13-22-37(35(47)44-23-24-55(43,50)51,54(48,49)27-28-14-18-31(19-15-28)52-38(40,41)42)36-46-32-25-29(16-20-33(32)53-36)30-17-21-34(39)45-26-30/h14-21,25-26H,2-13,22-24,27H2,1H3,(H,44,47)(H2,43,50,51). The molecule has 55 heavy (non-hydrogen) atoms. The van der Waals surface area contributed by atoms with E-state index in [0.717, 1.165) is 55.6 Å². The van der Waals surface area contributed by atoms with Crippen LogP contribution in [0.25, 0.3) is 21.3 Å². The predicted molar refractivity (Wildman–Crippen MR) is 207 cm³/mol. The van der Waals surface area contributed by atoms with Gasteiger partial charge in [-0.2, -0.15) is 4.39 Å². The van der Waals surface area contributed by atoms with E-state index in [4.69, 9.17) is 10.1 Å². The predicted octanol–water partition coefficient (Wildman–Crippen LogP) is 8.70. The summed E-state index contributed by atoms with van der Waals surface area (Å²) in [6.07, 6.45) is 8.25. The Morgan fingerprint density at radius 1 is 0.836 bits per heavy atom. The zero-order valence-corrected chi connectivity index (χ0v) is 33.2. The Morgan fingerprint density at radius 3 is 2.00 bits per heavy atom. The summed E-state index contributed by atoms with van der Waals surface area (Å²) in [4.78, 5) is 22.8. The van der Waals surface area contributed by atoms with E-state index in [1.165, 1.54) is 62.6 Å². The molecule has 4 rings (SSSR count). The third-order valence-electron chi connectivity index (χ3n) is 9.26. The van der Waals surface area contributed by atoms with Crippen molar-refractivity contribution in [2.24, 2.45) is 5.14 Å². The Labute approximate surface area is 324 Å². The molecule has 0 aliphatic heterocycles. The largest absolute Gasteiger partial charge is 0.573 e. The number of nitrogens with two attached hydrogens (primary N) is 1. The number of carbonyl (C=O) groups is 1. The Morgan fingerprint density at radius 2 is 1.44 bits per heavy atom. The van der Waals surface area contributed by atoms with Gasteiger partial charge in [0.05, 0.1) is 21.7 Å². The van der Waals surface area contributed by atoms with Gasteiger partial charge in [0.25, 0.3) is 0 Å². The van der Waals surface area contributed by atoms with Gasteiger partial charge in [-0.05, 0) is 53.9 Å². The second kappa shape index (κ2) is 20.0. The normalized spacial score (nSPS) is 13.5. The fourth-order valence-corrected chi connectivity index (χ4v) is 10.3. The van der Waals surface area contributed by atoms with Gasteiger partial charge < -0.3 is 10.1 Å². The number of sulfone groups is 1. The summed E-state index contributed by atoms with van der Waals surface area (Å²) in [7, 11) is -8.62. The van der Waals surface area contributed by atoms with Gasteiger partial charge in [-0.15, -0.1) is 24.5 Å². The Hall–Kier alpha value is -3.67. The molecule has 0 saturated carbocycles. The zero-order chi connectivity index (χ0) is 40.1. The molecular weight excluding hydrogens is 781 g/mol. The van der Waals surface area contributed by atoms with Gasteiger partial charge in [0.1, 0.15) is 10.8 Å². The lowest BCUT2D eigenvalue weighted by Gasteiger charge is -2.30. The molecule has 17 heteroatoms. The van der Waals surface area contributed by atoms with E-state index in [1.54, 1.807) is 18.2 Å². The summed E-state index contributed by atoms with van der Waals surface area (Å²) in [6, 6.07) is 12.2. The minimum absolute atomic E-state index is 0.0508. The van der Waals surface area contributed by atoms with E-state index in [9.17, 15) is 39.2 Å². The number of carbonyl (C=O) groups excluding carboxylic acids is 1. The number of alkyl halides is 3. The first-order chi connectivity index (χ1) is 26.0. The van der Waals surface area contributed by atoms with Crippen molar-refractivity contribution in [1.29, 1.82) is 0 Å². The van der Waals surface area contributed by atoms with Crippen LogP contribution in [0.5, 0.6) is 5.75 Å². The van der Waals surface area contributed by atoms with Crippen molar-refractivity contribution in [1.82, 2.24) is 15.3 Å². The van der Waals surface area contributed by atoms with Crippen molar-refractivity contribution in [3.8, 4) is 16.9 Å². The van der Waals surface area contributed by atoms with Crippen molar-refractivity contribution in [2.75, 3.05) is 12.3 Å². The first-order valence-corrected chi connectivity index (χ1v) is 22.6. The monoisotopic (exact) mass is 828 g/mol. The molecule has 0 aliphatic rings. The van der Waals surface area contributed by atoms with Crippen LogP contribution in [0.3, 0.4) is 0 Å². The van der Waals surface area contributed by atoms with Gasteiger partial charge >= 0.3 is 6.36 Å². The number of amides is 1. The third-order valence-corrected chi connectivity index (χ3v) is 13.7. The Bertz CT molecular complexity index is 2060. The highest BCUT2D eigenvalue weighted by molar-refractivity contribution is 7.92. The molecule has 4 aromatic rings. The van der Waals surface area contributed by atoms with Crippen molar-refractivity contribution >= 4 is 47.3 Å².